The summed E-state index contributed by atoms with van der Waals surface area (Å²) in [6.07, 6.45) is 1.22. The van der Waals surface area contributed by atoms with E-state index in [-0.39, 0.29) is 5.41 Å². The van der Waals surface area contributed by atoms with Crippen LogP contribution in [0.25, 0.3) is 21.9 Å². The number of benzene rings is 2. The first kappa shape index (κ1) is 10.1. The van der Waals surface area contributed by atoms with E-state index >= 15 is 0 Å². The fourth-order valence-corrected chi connectivity index (χ4v) is 3.76. The molecule has 1 unspecified atom stereocenters. The van der Waals surface area contributed by atoms with Crippen LogP contribution in [0.3, 0.4) is 0 Å². The Morgan fingerprint density at radius 2 is 1.68 bits per heavy atom. The molecule has 2 aromatic carbocycles. The van der Waals surface area contributed by atoms with E-state index in [1.165, 1.54) is 39.4 Å². The van der Waals surface area contributed by atoms with Crippen molar-refractivity contribution < 1.29 is 4.42 Å². The van der Waals surface area contributed by atoms with Crippen LogP contribution < -0.4 is 0 Å². The van der Waals surface area contributed by atoms with Gasteiger partial charge in [0.05, 0.1) is 0 Å². The fraction of sp³-hybridized carbons (Fsp3) is 0.333. The Labute approximate surface area is 112 Å². The van der Waals surface area contributed by atoms with Gasteiger partial charge in [0.2, 0.25) is 0 Å². The van der Waals surface area contributed by atoms with Crippen molar-refractivity contribution in [3.05, 3.63) is 46.5 Å². The van der Waals surface area contributed by atoms with Gasteiger partial charge in [0.1, 0.15) is 11.2 Å². The van der Waals surface area contributed by atoms with Gasteiger partial charge >= 0.3 is 0 Å². The van der Waals surface area contributed by atoms with Crippen molar-refractivity contribution in [2.75, 3.05) is 0 Å². The minimum Gasteiger partial charge on any atom is -0.456 e. The quantitative estimate of drug-likeness (QED) is 0.552. The first-order valence-electron chi connectivity index (χ1n) is 7.10. The minimum absolute atomic E-state index is 0.266. The molecule has 1 nitrogen and oxygen atoms in total. The molecule has 2 aliphatic carbocycles. The summed E-state index contributed by atoms with van der Waals surface area (Å²) < 4.78 is 6.08. The van der Waals surface area contributed by atoms with Crippen molar-refractivity contribution in [2.24, 2.45) is 0 Å². The van der Waals surface area contributed by atoms with Gasteiger partial charge in [0, 0.05) is 16.2 Å². The van der Waals surface area contributed by atoms with Gasteiger partial charge in [-0.2, -0.15) is 0 Å². The maximum Gasteiger partial charge on any atom is 0.135 e. The van der Waals surface area contributed by atoms with Crippen molar-refractivity contribution >= 4 is 21.9 Å². The monoisotopic (exact) mass is 248 g/mol. The topological polar surface area (TPSA) is 13.1 Å². The zero-order valence-corrected chi connectivity index (χ0v) is 11.5. The average Bonchev–Trinajstić information content (AvgIpc) is 2.76. The zero-order chi connectivity index (χ0) is 12.9. The van der Waals surface area contributed by atoms with Gasteiger partial charge in [0.25, 0.3) is 0 Å². The molecule has 94 valence electrons. The Morgan fingerprint density at radius 3 is 2.47 bits per heavy atom. The summed E-state index contributed by atoms with van der Waals surface area (Å²) in [5.74, 6) is 0.700. The number of fused-ring (bicyclic) bond motifs is 5. The normalized spacial score (nSPS) is 22.2. The third-order valence-corrected chi connectivity index (χ3v) is 5.21. The third kappa shape index (κ3) is 1.04. The van der Waals surface area contributed by atoms with Crippen molar-refractivity contribution in [3.8, 4) is 0 Å². The van der Waals surface area contributed by atoms with Crippen LogP contribution in [0, 0.1) is 0 Å². The second kappa shape index (κ2) is 2.72. The molecule has 2 aliphatic rings. The predicted octanol–water partition coefficient (Wildman–Crippen LogP) is 4.88. The van der Waals surface area contributed by atoms with Crippen LogP contribution >= 0.6 is 0 Å². The molecule has 0 spiro atoms. The van der Waals surface area contributed by atoms with E-state index in [1.807, 2.05) is 0 Å². The van der Waals surface area contributed by atoms with E-state index in [0.717, 1.165) is 11.2 Å². The summed E-state index contributed by atoms with van der Waals surface area (Å²) in [6.45, 7) is 6.86. The maximum absolute atomic E-state index is 6.08. The van der Waals surface area contributed by atoms with Gasteiger partial charge < -0.3 is 4.42 Å². The van der Waals surface area contributed by atoms with Crippen molar-refractivity contribution in [1.29, 1.82) is 0 Å². The lowest BCUT2D eigenvalue weighted by molar-refractivity contribution is 0.647. The highest BCUT2D eigenvalue weighted by Gasteiger charge is 2.42. The summed E-state index contributed by atoms with van der Waals surface area (Å²) >= 11 is 0. The second-order valence-electron chi connectivity index (χ2n) is 6.77. The lowest BCUT2D eigenvalue weighted by Crippen LogP contribution is -2.13. The summed E-state index contributed by atoms with van der Waals surface area (Å²) in [5.41, 5.74) is 8.29. The third-order valence-electron chi connectivity index (χ3n) is 5.21. The molecule has 0 bridgehead atoms. The van der Waals surface area contributed by atoms with E-state index in [4.69, 9.17) is 4.42 Å². The van der Waals surface area contributed by atoms with Gasteiger partial charge in [-0.3, -0.25) is 0 Å². The van der Waals surface area contributed by atoms with Crippen molar-refractivity contribution in [1.82, 2.24) is 0 Å². The molecule has 0 aliphatic heterocycles. The molecule has 0 N–H and O–H groups in total. The van der Waals surface area contributed by atoms with Gasteiger partial charge in [0.15, 0.2) is 0 Å². The molecule has 0 amide bonds. The maximum atomic E-state index is 6.08. The molecule has 19 heavy (non-hydrogen) atoms. The summed E-state index contributed by atoms with van der Waals surface area (Å²) in [7, 11) is 0. The Bertz CT molecular complexity index is 880. The molecule has 1 heterocycles. The SMILES string of the molecule is CC1Cc2cc3c(cc21)oc1cc2c(cc13)C2(C)C. The van der Waals surface area contributed by atoms with E-state index in [2.05, 4.69) is 45.0 Å². The lowest BCUT2D eigenvalue weighted by atomic mass is 9.78. The van der Waals surface area contributed by atoms with E-state index in [9.17, 15) is 0 Å². The molecule has 0 fully saturated rings. The first-order valence-corrected chi connectivity index (χ1v) is 7.10. The predicted molar refractivity (Wildman–Crippen MR) is 78.0 cm³/mol. The van der Waals surface area contributed by atoms with Gasteiger partial charge in [-0.1, -0.05) is 20.8 Å². The highest BCUT2D eigenvalue weighted by atomic mass is 16.3. The Morgan fingerprint density at radius 1 is 1.00 bits per heavy atom. The van der Waals surface area contributed by atoms with Crippen LogP contribution in [0.15, 0.2) is 28.7 Å². The minimum atomic E-state index is 0.266. The highest BCUT2D eigenvalue weighted by Crippen LogP contribution is 2.52. The zero-order valence-electron chi connectivity index (χ0n) is 11.5. The van der Waals surface area contributed by atoms with Crippen LogP contribution in [-0.4, -0.2) is 0 Å². The summed E-state index contributed by atoms with van der Waals surface area (Å²) in [6, 6.07) is 9.18. The molecule has 3 aromatic rings. The Hall–Kier alpha value is -1.76. The van der Waals surface area contributed by atoms with Gasteiger partial charge in [-0.05, 0) is 58.9 Å². The molecule has 1 aromatic heterocycles. The molecular weight excluding hydrogens is 232 g/mol. The number of rotatable bonds is 0. The van der Waals surface area contributed by atoms with E-state index < -0.39 is 0 Å². The van der Waals surface area contributed by atoms with Crippen LogP contribution in [-0.2, 0) is 11.8 Å². The number of hydrogen-bond acceptors (Lipinski definition) is 1. The van der Waals surface area contributed by atoms with E-state index in [1.54, 1.807) is 0 Å². The fourth-order valence-electron chi connectivity index (χ4n) is 3.76. The molecule has 1 heteroatoms. The van der Waals surface area contributed by atoms with E-state index in [0.29, 0.717) is 5.92 Å². The molecule has 0 radical (unpaired) electrons. The smallest absolute Gasteiger partial charge is 0.135 e. The van der Waals surface area contributed by atoms with Crippen molar-refractivity contribution in [3.63, 3.8) is 0 Å². The lowest BCUT2D eigenvalue weighted by Gasteiger charge is -2.26. The molecule has 0 saturated heterocycles. The summed E-state index contributed by atoms with van der Waals surface area (Å²) in [4.78, 5) is 0. The number of hydrogen-bond donors (Lipinski definition) is 0. The van der Waals surface area contributed by atoms with Crippen LogP contribution in [0.2, 0.25) is 0 Å². The molecular formula is C18H16O. The highest BCUT2D eigenvalue weighted by molar-refractivity contribution is 6.07. The van der Waals surface area contributed by atoms with Crippen molar-refractivity contribution in [2.45, 2.75) is 38.5 Å². The Kier molecular flexibility index (Phi) is 1.44. The van der Waals surface area contributed by atoms with Crippen LogP contribution in [0.5, 0.6) is 0 Å². The second-order valence-corrected chi connectivity index (χ2v) is 6.77. The largest absolute Gasteiger partial charge is 0.456 e. The van der Waals surface area contributed by atoms with Gasteiger partial charge in [-0.25, -0.2) is 0 Å². The Balaban J connectivity index is 1.87. The molecule has 1 atom stereocenters. The van der Waals surface area contributed by atoms with Gasteiger partial charge in [-0.15, -0.1) is 0 Å². The standard InChI is InChI=1S/C18H16O/c1-9-4-10-5-12-13-6-14-15(18(14,2)3)8-17(13)19-16(12)7-11(9)10/h5-9H,4H2,1-3H3. The first-order chi connectivity index (χ1) is 9.05. The molecule has 5 rings (SSSR count). The summed E-state index contributed by atoms with van der Waals surface area (Å²) in [5, 5.41) is 2.59. The average molecular weight is 248 g/mol. The number of furan rings is 1. The molecule has 0 saturated carbocycles. The van der Waals surface area contributed by atoms with Crippen LogP contribution in [0.4, 0.5) is 0 Å². The van der Waals surface area contributed by atoms with Crippen LogP contribution in [0.1, 0.15) is 48.9 Å².